The van der Waals surface area contributed by atoms with E-state index in [0.29, 0.717) is 12.1 Å². The number of methoxy groups -OCH3 is 2. The molecule has 1 aromatic carbocycles. The molecule has 0 saturated heterocycles. The molecular formula is C15H19NO4. The third kappa shape index (κ3) is 1.85. The Labute approximate surface area is 118 Å². The second-order valence-electron chi connectivity index (χ2n) is 5.28. The van der Waals surface area contributed by atoms with Gasteiger partial charge in [0.2, 0.25) is 0 Å². The Hall–Kier alpha value is -2.04. The molecule has 1 aliphatic carbocycles. The van der Waals surface area contributed by atoms with Crippen LogP contribution in [0.3, 0.4) is 0 Å². The van der Waals surface area contributed by atoms with Crippen LogP contribution in [0.25, 0.3) is 0 Å². The fraction of sp³-hybridized carbons (Fsp3) is 0.467. The van der Waals surface area contributed by atoms with Crippen LogP contribution in [0.4, 0.5) is 5.69 Å². The fourth-order valence-corrected chi connectivity index (χ4v) is 2.98. The number of ether oxygens (including phenoxy) is 2. The molecule has 0 atom stereocenters. The summed E-state index contributed by atoms with van der Waals surface area (Å²) in [6.07, 6.45) is 0.577. The molecule has 0 unspecified atom stereocenters. The normalized spacial score (nSPS) is 15.6. The predicted octanol–water partition coefficient (Wildman–Crippen LogP) is 1.32. The molecule has 108 valence electrons. The molecule has 0 saturated carbocycles. The molecule has 20 heavy (non-hydrogen) atoms. The number of nitrogen functional groups attached to an aromatic ring is 1. The average Bonchev–Trinajstić information content (AvgIpc) is 2.85. The van der Waals surface area contributed by atoms with Gasteiger partial charge in [0.1, 0.15) is 0 Å². The highest BCUT2D eigenvalue weighted by Crippen LogP contribution is 2.43. The first-order valence-corrected chi connectivity index (χ1v) is 6.41. The standard InChI is InChI=1S/C15H19NO4/c1-8-5-12(16)9(2)11-7-15(6-10(8)11,13(17)19-3)14(18)20-4/h5H,6-7,16H2,1-4H3. The van der Waals surface area contributed by atoms with E-state index in [2.05, 4.69) is 0 Å². The number of aryl methyl sites for hydroxylation is 1. The Bertz CT molecular complexity index is 576. The van der Waals surface area contributed by atoms with Crippen molar-refractivity contribution >= 4 is 17.6 Å². The molecule has 0 fully saturated rings. The van der Waals surface area contributed by atoms with E-state index in [1.165, 1.54) is 14.2 Å². The van der Waals surface area contributed by atoms with Crippen molar-refractivity contribution in [2.24, 2.45) is 5.41 Å². The van der Waals surface area contributed by atoms with Gasteiger partial charge >= 0.3 is 11.9 Å². The van der Waals surface area contributed by atoms with Crippen molar-refractivity contribution in [3.8, 4) is 0 Å². The molecule has 0 bridgehead atoms. The minimum atomic E-state index is -1.28. The number of carbonyl (C=O) groups excluding carboxylic acids is 2. The van der Waals surface area contributed by atoms with E-state index in [0.717, 1.165) is 22.3 Å². The highest BCUT2D eigenvalue weighted by molar-refractivity contribution is 6.01. The van der Waals surface area contributed by atoms with Crippen molar-refractivity contribution in [2.45, 2.75) is 26.7 Å². The van der Waals surface area contributed by atoms with Crippen LogP contribution in [-0.2, 0) is 31.9 Å². The molecule has 1 aliphatic rings. The van der Waals surface area contributed by atoms with Crippen molar-refractivity contribution in [3.63, 3.8) is 0 Å². The fourth-order valence-electron chi connectivity index (χ4n) is 2.98. The number of nitrogens with two attached hydrogens (primary N) is 1. The van der Waals surface area contributed by atoms with Crippen molar-refractivity contribution in [2.75, 3.05) is 20.0 Å². The molecule has 5 nitrogen and oxygen atoms in total. The Morgan fingerprint density at radius 1 is 1.10 bits per heavy atom. The Morgan fingerprint density at radius 2 is 1.60 bits per heavy atom. The van der Waals surface area contributed by atoms with E-state index in [4.69, 9.17) is 15.2 Å². The van der Waals surface area contributed by atoms with Crippen LogP contribution in [0.1, 0.15) is 22.3 Å². The van der Waals surface area contributed by atoms with Crippen molar-refractivity contribution in [3.05, 3.63) is 28.3 Å². The van der Waals surface area contributed by atoms with Crippen LogP contribution in [0.2, 0.25) is 0 Å². The van der Waals surface area contributed by atoms with Crippen molar-refractivity contribution < 1.29 is 19.1 Å². The van der Waals surface area contributed by atoms with Gasteiger partial charge in [-0.25, -0.2) is 0 Å². The minimum Gasteiger partial charge on any atom is -0.468 e. The van der Waals surface area contributed by atoms with E-state index >= 15 is 0 Å². The van der Waals surface area contributed by atoms with Gasteiger partial charge in [-0.2, -0.15) is 0 Å². The molecule has 2 rings (SSSR count). The molecule has 0 heterocycles. The van der Waals surface area contributed by atoms with Gasteiger partial charge in [-0.05, 0) is 42.2 Å². The number of rotatable bonds is 2. The Balaban J connectivity index is 2.59. The van der Waals surface area contributed by atoms with Gasteiger partial charge < -0.3 is 15.2 Å². The van der Waals surface area contributed by atoms with Gasteiger partial charge in [-0.3, -0.25) is 9.59 Å². The van der Waals surface area contributed by atoms with Gasteiger partial charge in [0.25, 0.3) is 0 Å². The van der Waals surface area contributed by atoms with Crippen LogP contribution in [0, 0.1) is 19.3 Å². The number of benzene rings is 1. The largest absolute Gasteiger partial charge is 0.468 e. The maximum Gasteiger partial charge on any atom is 0.323 e. The molecule has 0 aromatic heterocycles. The lowest BCUT2D eigenvalue weighted by Crippen LogP contribution is -2.42. The number of esters is 2. The van der Waals surface area contributed by atoms with Crippen molar-refractivity contribution in [1.29, 1.82) is 0 Å². The maximum absolute atomic E-state index is 12.2. The number of anilines is 1. The summed E-state index contributed by atoms with van der Waals surface area (Å²) in [7, 11) is 2.56. The molecule has 0 amide bonds. The molecule has 0 aliphatic heterocycles. The number of carbonyl (C=O) groups is 2. The summed E-state index contributed by atoms with van der Waals surface area (Å²) < 4.78 is 9.66. The smallest absolute Gasteiger partial charge is 0.323 e. The van der Waals surface area contributed by atoms with Gasteiger partial charge in [-0.15, -0.1) is 0 Å². The summed E-state index contributed by atoms with van der Waals surface area (Å²) in [5, 5.41) is 0. The van der Waals surface area contributed by atoms with E-state index in [1.54, 1.807) is 0 Å². The molecular weight excluding hydrogens is 258 g/mol. The second-order valence-corrected chi connectivity index (χ2v) is 5.28. The molecule has 1 aromatic rings. The van der Waals surface area contributed by atoms with Gasteiger partial charge in [0, 0.05) is 18.5 Å². The zero-order chi connectivity index (χ0) is 15.1. The van der Waals surface area contributed by atoms with E-state index in [-0.39, 0.29) is 6.42 Å². The lowest BCUT2D eigenvalue weighted by atomic mass is 9.84. The number of hydrogen-bond donors (Lipinski definition) is 1. The summed E-state index contributed by atoms with van der Waals surface area (Å²) in [6, 6.07) is 1.87. The van der Waals surface area contributed by atoms with E-state index < -0.39 is 17.4 Å². The molecule has 2 N–H and O–H groups in total. The molecule has 0 radical (unpaired) electrons. The number of fused-ring (bicyclic) bond motifs is 1. The van der Waals surface area contributed by atoms with Crippen molar-refractivity contribution in [1.82, 2.24) is 0 Å². The topological polar surface area (TPSA) is 78.6 Å². The SMILES string of the molecule is COC(=O)C1(C(=O)OC)Cc2c(C)cc(N)c(C)c2C1. The van der Waals surface area contributed by atoms with Crippen LogP contribution in [0.15, 0.2) is 6.07 Å². The first-order valence-electron chi connectivity index (χ1n) is 6.41. The summed E-state index contributed by atoms with van der Waals surface area (Å²) in [5.74, 6) is -1.11. The highest BCUT2D eigenvalue weighted by Gasteiger charge is 2.53. The summed E-state index contributed by atoms with van der Waals surface area (Å²) in [5.41, 5.74) is 9.21. The second kappa shape index (κ2) is 4.81. The van der Waals surface area contributed by atoms with Crippen LogP contribution in [-0.4, -0.2) is 26.2 Å². The Morgan fingerprint density at radius 3 is 2.10 bits per heavy atom. The summed E-state index contributed by atoms with van der Waals surface area (Å²) >= 11 is 0. The quantitative estimate of drug-likeness (QED) is 0.501. The molecule has 0 spiro atoms. The predicted molar refractivity (Wildman–Crippen MR) is 74.2 cm³/mol. The monoisotopic (exact) mass is 277 g/mol. The first-order chi connectivity index (χ1) is 9.37. The van der Waals surface area contributed by atoms with Gasteiger partial charge in [0.15, 0.2) is 5.41 Å². The van der Waals surface area contributed by atoms with E-state index in [1.807, 2.05) is 19.9 Å². The third-order valence-corrected chi connectivity index (χ3v) is 4.21. The highest BCUT2D eigenvalue weighted by atomic mass is 16.5. The Kier molecular flexibility index (Phi) is 3.46. The minimum absolute atomic E-state index is 0.277. The zero-order valence-corrected chi connectivity index (χ0v) is 12.2. The third-order valence-electron chi connectivity index (χ3n) is 4.21. The van der Waals surface area contributed by atoms with Crippen LogP contribution < -0.4 is 5.73 Å². The number of hydrogen-bond acceptors (Lipinski definition) is 5. The average molecular weight is 277 g/mol. The molecule has 5 heteroatoms. The van der Waals surface area contributed by atoms with Crippen LogP contribution in [0.5, 0.6) is 0 Å². The van der Waals surface area contributed by atoms with Gasteiger partial charge in [-0.1, -0.05) is 0 Å². The van der Waals surface area contributed by atoms with E-state index in [9.17, 15) is 9.59 Å². The lowest BCUT2D eigenvalue weighted by Gasteiger charge is -2.22. The lowest BCUT2D eigenvalue weighted by molar-refractivity contribution is -0.168. The summed E-state index contributed by atoms with van der Waals surface area (Å²) in [4.78, 5) is 24.3. The zero-order valence-electron chi connectivity index (χ0n) is 12.2. The summed E-state index contributed by atoms with van der Waals surface area (Å²) in [6.45, 7) is 3.83. The first kappa shape index (κ1) is 14.4. The van der Waals surface area contributed by atoms with Crippen LogP contribution >= 0.6 is 0 Å². The van der Waals surface area contributed by atoms with Gasteiger partial charge in [0.05, 0.1) is 14.2 Å². The maximum atomic E-state index is 12.2.